The van der Waals surface area contributed by atoms with Gasteiger partial charge < -0.3 is 16.0 Å². The molecule has 0 aromatic heterocycles. The molecule has 0 spiro atoms. The van der Waals surface area contributed by atoms with Gasteiger partial charge in [0.25, 0.3) is 0 Å². The van der Waals surface area contributed by atoms with Gasteiger partial charge in [0.15, 0.2) is 11.4 Å². The van der Waals surface area contributed by atoms with E-state index in [0.717, 1.165) is 6.42 Å². The fraction of sp³-hybridized carbons (Fsp3) is 0.400. The Balaban J connectivity index is 2.04. The van der Waals surface area contributed by atoms with Crippen LogP contribution in [0.4, 0.5) is 4.79 Å². The van der Waals surface area contributed by atoms with E-state index >= 15 is 0 Å². The number of hydrogen-bond acceptors (Lipinski definition) is 5. The van der Waals surface area contributed by atoms with Gasteiger partial charge in [-0.15, -0.1) is 0 Å². The summed E-state index contributed by atoms with van der Waals surface area (Å²) in [5, 5.41) is 17.9. The van der Waals surface area contributed by atoms with Gasteiger partial charge in [-0.25, -0.2) is 4.79 Å². The van der Waals surface area contributed by atoms with Crippen molar-refractivity contribution in [3.05, 3.63) is 35.9 Å². The Morgan fingerprint density at radius 2 is 2.23 bits per heavy atom. The third-order valence-corrected chi connectivity index (χ3v) is 4.23. The first-order valence-corrected chi connectivity index (χ1v) is 7.96. The minimum atomic E-state index is -1.10. The zero-order valence-electron chi connectivity index (χ0n) is 12.6. The van der Waals surface area contributed by atoms with Crippen molar-refractivity contribution in [2.75, 3.05) is 12.8 Å². The van der Waals surface area contributed by atoms with Crippen LogP contribution >= 0.6 is 11.9 Å². The lowest BCUT2D eigenvalue weighted by molar-refractivity contribution is 0.239. The number of benzene rings is 1. The van der Waals surface area contributed by atoms with Crippen molar-refractivity contribution in [3.8, 4) is 6.07 Å². The highest BCUT2D eigenvalue weighted by molar-refractivity contribution is 7.98. The largest absolute Gasteiger partial charge is 0.367 e. The summed E-state index contributed by atoms with van der Waals surface area (Å²) in [6.45, 7) is 2.03. The Morgan fingerprint density at radius 3 is 2.86 bits per heavy atom. The van der Waals surface area contributed by atoms with E-state index in [1.54, 1.807) is 0 Å². The predicted octanol–water partition coefficient (Wildman–Crippen LogP) is 1.46. The van der Waals surface area contributed by atoms with Crippen LogP contribution in [0.2, 0.25) is 0 Å². The number of nitrogens with zero attached hydrogens (tertiary/aromatic N) is 2. The van der Waals surface area contributed by atoms with Crippen molar-refractivity contribution >= 4 is 23.8 Å². The molecule has 0 radical (unpaired) electrons. The maximum atomic E-state index is 11.6. The molecule has 7 heteroatoms. The van der Waals surface area contributed by atoms with Crippen molar-refractivity contribution < 1.29 is 4.79 Å². The summed E-state index contributed by atoms with van der Waals surface area (Å²) >= 11 is 1.27. The number of carbonyl (C=O) groups excluding carboxylic acids is 1. The molecule has 0 aliphatic carbocycles. The van der Waals surface area contributed by atoms with Gasteiger partial charge in [0.05, 0.1) is 5.75 Å². The molecule has 3 N–H and O–H groups in total. The molecule has 116 valence electrons. The van der Waals surface area contributed by atoms with E-state index in [1.165, 1.54) is 24.6 Å². The second-order valence-electron chi connectivity index (χ2n) is 5.17. The zero-order valence-corrected chi connectivity index (χ0v) is 13.4. The van der Waals surface area contributed by atoms with Crippen LogP contribution in [0.15, 0.2) is 34.7 Å². The van der Waals surface area contributed by atoms with Crippen LogP contribution < -0.4 is 16.0 Å². The van der Waals surface area contributed by atoms with Gasteiger partial charge >= 0.3 is 6.03 Å². The lowest BCUT2D eigenvalue weighted by Crippen LogP contribution is -2.60. The van der Waals surface area contributed by atoms with Gasteiger partial charge in [0.1, 0.15) is 6.07 Å². The van der Waals surface area contributed by atoms with Crippen molar-refractivity contribution in [1.29, 1.82) is 5.26 Å². The van der Waals surface area contributed by atoms with E-state index in [1.807, 2.05) is 25.1 Å². The Morgan fingerprint density at radius 1 is 1.50 bits per heavy atom. The van der Waals surface area contributed by atoms with Crippen molar-refractivity contribution in [2.45, 2.75) is 24.9 Å². The van der Waals surface area contributed by atoms with Gasteiger partial charge in [0.2, 0.25) is 0 Å². The minimum absolute atomic E-state index is 0.0964. The highest BCUT2D eigenvalue weighted by atomic mass is 32.2. The van der Waals surface area contributed by atoms with Crippen molar-refractivity contribution in [2.24, 2.45) is 4.40 Å². The van der Waals surface area contributed by atoms with Crippen LogP contribution in [0.25, 0.3) is 0 Å². The summed E-state index contributed by atoms with van der Waals surface area (Å²) in [5.74, 6) is 0.907. The number of nitrogens with one attached hydrogen (secondary N) is 3. The summed E-state index contributed by atoms with van der Waals surface area (Å²) in [6.07, 6.45) is 0.812. The number of rotatable bonds is 4. The summed E-state index contributed by atoms with van der Waals surface area (Å²) in [7, 11) is 1.52. The van der Waals surface area contributed by atoms with E-state index in [-0.39, 0.29) is 6.04 Å². The Hall–Kier alpha value is -2.20. The van der Waals surface area contributed by atoms with Gasteiger partial charge in [-0.1, -0.05) is 30.3 Å². The molecule has 0 bridgehead atoms. The topological polar surface area (TPSA) is 89.3 Å². The summed E-state index contributed by atoms with van der Waals surface area (Å²) < 4.78 is 4.29. The van der Waals surface area contributed by atoms with Gasteiger partial charge in [-0.3, -0.25) is 0 Å². The standard InChI is InChI=1S/C15H19N5OS/c1-11(8-12-6-4-3-5-7-12)18-13-15(9-16,10-22-20-13)19-14(21)17-2/h3-7,11H,8,10H2,1-2H3,(H,18,20)(H2,17,19,21). The van der Waals surface area contributed by atoms with E-state index in [9.17, 15) is 10.1 Å². The molecular formula is C15H19N5OS. The first-order chi connectivity index (χ1) is 10.6. The lowest BCUT2D eigenvalue weighted by atomic mass is 10.0. The zero-order chi connectivity index (χ0) is 16.0. The molecule has 1 aromatic rings. The molecule has 1 aromatic carbocycles. The summed E-state index contributed by atoms with van der Waals surface area (Å²) in [4.78, 5) is 11.6. The van der Waals surface area contributed by atoms with Crippen LogP contribution in [-0.2, 0) is 6.42 Å². The number of amidine groups is 1. The molecule has 0 saturated heterocycles. The van der Waals surface area contributed by atoms with E-state index in [0.29, 0.717) is 11.6 Å². The van der Waals surface area contributed by atoms with Gasteiger partial charge in [-0.2, -0.15) is 9.66 Å². The van der Waals surface area contributed by atoms with Gasteiger partial charge in [-0.05, 0) is 30.9 Å². The second-order valence-corrected chi connectivity index (χ2v) is 5.90. The molecule has 2 rings (SSSR count). The minimum Gasteiger partial charge on any atom is -0.367 e. The van der Waals surface area contributed by atoms with E-state index in [4.69, 9.17) is 0 Å². The molecule has 22 heavy (non-hydrogen) atoms. The molecule has 2 amide bonds. The maximum absolute atomic E-state index is 11.6. The molecule has 1 heterocycles. The monoisotopic (exact) mass is 317 g/mol. The summed E-state index contributed by atoms with van der Waals surface area (Å²) in [5.41, 5.74) is 0.103. The molecule has 0 fully saturated rings. The second kappa shape index (κ2) is 7.18. The third-order valence-electron chi connectivity index (χ3n) is 3.35. The van der Waals surface area contributed by atoms with Crippen LogP contribution in [-0.4, -0.2) is 36.2 Å². The quantitative estimate of drug-likeness (QED) is 0.733. The van der Waals surface area contributed by atoms with E-state index < -0.39 is 11.6 Å². The first kappa shape index (κ1) is 16.2. The number of carbonyl (C=O) groups is 1. The van der Waals surface area contributed by atoms with Crippen LogP contribution in [0.1, 0.15) is 12.5 Å². The Bertz CT molecular complexity index is 598. The van der Waals surface area contributed by atoms with Crippen LogP contribution in [0.3, 0.4) is 0 Å². The SMILES string of the molecule is CNC(=O)NC1(C#N)CSN=C1NC(C)Cc1ccccc1. The average Bonchev–Trinajstić information content (AvgIpc) is 2.91. The molecule has 0 saturated carbocycles. The Labute approximate surface area is 134 Å². The number of hydrogen-bond donors (Lipinski definition) is 3. The molecule has 1 aliphatic heterocycles. The van der Waals surface area contributed by atoms with Crippen molar-refractivity contribution in [1.82, 2.24) is 16.0 Å². The average molecular weight is 317 g/mol. The lowest BCUT2D eigenvalue weighted by Gasteiger charge is -2.26. The fourth-order valence-electron chi connectivity index (χ4n) is 2.21. The Kier molecular flexibility index (Phi) is 5.28. The van der Waals surface area contributed by atoms with Gasteiger partial charge in [0, 0.05) is 13.1 Å². The predicted molar refractivity (Wildman–Crippen MR) is 88.6 cm³/mol. The fourth-order valence-corrected chi connectivity index (χ4v) is 3.08. The van der Waals surface area contributed by atoms with E-state index in [2.05, 4.69) is 38.6 Å². The van der Waals surface area contributed by atoms with Crippen molar-refractivity contribution in [3.63, 3.8) is 0 Å². The maximum Gasteiger partial charge on any atom is 0.316 e. The molecular weight excluding hydrogens is 298 g/mol. The number of amides is 2. The smallest absolute Gasteiger partial charge is 0.316 e. The van der Waals surface area contributed by atoms with Crippen LogP contribution in [0.5, 0.6) is 0 Å². The molecule has 6 nitrogen and oxygen atoms in total. The third kappa shape index (κ3) is 3.71. The number of nitriles is 1. The highest BCUT2D eigenvalue weighted by Crippen LogP contribution is 2.24. The van der Waals surface area contributed by atoms with Crippen LogP contribution in [0, 0.1) is 11.3 Å². The normalized spacial score (nSPS) is 21.4. The number of urea groups is 1. The highest BCUT2D eigenvalue weighted by Gasteiger charge is 2.42. The first-order valence-electron chi connectivity index (χ1n) is 7.01. The summed E-state index contributed by atoms with van der Waals surface area (Å²) in [6, 6.07) is 12.0. The molecule has 1 aliphatic rings. The molecule has 2 unspecified atom stereocenters. The molecule has 2 atom stereocenters.